The monoisotopic (exact) mass is 538 g/mol. The third-order valence-electron chi connectivity index (χ3n) is 3.32. The Morgan fingerprint density at radius 2 is 1.47 bits per heavy atom. The van der Waals surface area contributed by atoms with Crippen LogP contribution in [0.25, 0.3) is 0 Å². The highest BCUT2D eigenvalue weighted by molar-refractivity contribution is 9.10. The number of benzene rings is 1. The first-order valence-electron chi connectivity index (χ1n) is 8.12. The largest absolute Gasteiger partial charge is 0.468 e. The fourth-order valence-corrected chi connectivity index (χ4v) is 2.29. The maximum absolute atomic E-state index is 14.0. The van der Waals surface area contributed by atoms with Crippen molar-refractivity contribution in [2.75, 3.05) is 30.5 Å². The van der Waals surface area contributed by atoms with Gasteiger partial charge in [0, 0.05) is 13.1 Å². The van der Waals surface area contributed by atoms with Gasteiger partial charge < -0.3 is 9.47 Å². The summed E-state index contributed by atoms with van der Waals surface area (Å²) in [5.41, 5.74) is -0.541. The van der Waals surface area contributed by atoms with Crippen molar-refractivity contribution in [2.24, 2.45) is 0 Å². The number of urea groups is 1. The zero-order valence-corrected chi connectivity index (χ0v) is 17.2. The Balaban J connectivity index is 2.27. The molecule has 0 radical (unpaired) electrons. The van der Waals surface area contributed by atoms with E-state index in [1.165, 1.54) is 0 Å². The van der Waals surface area contributed by atoms with Crippen LogP contribution in [0.15, 0.2) is 22.7 Å². The molecular weight excluding hydrogens is 528 g/mol. The summed E-state index contributed by atoms with van der Waals surface area (Å²) in [7, 11) is 1.01. The molecule has 0 aliphatic rings. The number of nitrogens with one attached hydrogen (secondary N) is 1. The van der Waals surface area contributed by atoms with Gasteiger partial charge in [0.25, 0.3) is 0 Å². The minimum atomic E-state index is -4.80. The quantitative estimate of drug-likeness (QED) is 0.410. The summed E-state index contributed by atoms with van der Waals surface area (Å²) in [6, 6.07) is 0.737. The van der Waals surface area contributed by atoms with Crippen molar-refractivity contribution >= 4 is 33.6 Å². The molecule has 0 fully saturated rings. The van der Waals surface area contributed by atoms with Crippen molar-refractivity contribution < 1.29 is 49.4 Å². The summed E-state index contributed by atoms with van der Waals surface area (Å²) in [5.74, 6) is -4.49. The average Bonchev–Trinajstić information content (AvgIpc) is 2.66. The molecule has 1 heterocycles. The number of anilines is 2. The van der Waals surface area contributed by atoms with E-state index in [4.69, 9.17) is 0 Å². The van der Waals surface area contributed by atoms with Crippen molar-refractivity contribution in [3.05, 3.63) is 34.3 Å². The molecule has 0 spiro atoms. The number of alkyl halides is 6. The lowest BCUT2D eigenvalue weighted by Gasteiger charge is -2.19. The second kappa shape index (κ2) is 9.70. The van der Waals surface area contributed by atoms with E-state index in [0.717, 1.165) is 13.1 Å². The van der Waals surface area contributed by atoms with Crippen LogP contribution in [0, 0.1) is 11.6 Å². The van der Waals surface area contributed by atoms with Gasteiger partial charge in [-0.1, -0.05) is 0 Å². The number of aromatic nitrogens is 2. The molecule has 0 saturated heterocycles. The minimum Gasteiger partial charge on any atom is -0.468 e. The van der Waals surface area contributed by atoms with Crippen molar-refractivity contribution in [3.63, 3.8) is 0 Å². The Kier molecular flexibility index (Phi) is 7.69. The first kappa shape index (κ1) is 25.4. The fraction of sp³-hybridized carbons (Fsp3) is 0.312. The molecule has 7 nitrogen and oxygen atoms in total. The molecule has 0 aliphatic heterocycles. The van der Waals surface area contributed by atoms with E-state index in [0.29, 0.717) is 17.0 Å². The Hall–Kier alpha value is -2.91. The van der Waals surface area contributed by atoms with Crippen molar-refractivity contribution in [3.8, 4) is 11.8 Å². The van der Waals surface area contributed by atoms with Crippen LogP contribution in [0.3, 0.4) is 0 Å². The van der Waals surface area contributed by atoms with Gasteiger partial charge in [0.15, 0.2) is 13.2 Å². The Morgan fingerprint density at radius 1 is 0.969 bits per heavy atom. The Morgan fingerprint density at radius 3 is 1.94 bits per heavy atom. The van der Waals surface area contributed by atoms with Gasteiger partial charge in [0.05, 0.1) is 16.2 Å². The lowest BCUT2D eigenvalue weighted by atomic mass is 10.3. The highest BCUT2D eigenvalue weighted by Crippen LogP contribution is 2.27. The molecule has 16 heteroatoms. The van der Waals surface area contributed by atoms with Crippen LogP contribution in [-0.2, 0) is 0 Å². The van der Waals surface area contributed by atoms with E-state index in [1.54, 1.807) is 0 Å². The van der Waals surface area contributed by atoms with E-state index in [-0.39, 0.29) is 4.47 Å². The molecule has 0 bridgehead atoms. The highest BCUT2D eigenvalue weighted by Gasteiger charge is 2.30. The predicted molar refractivity (Wildman–Crippen MR) is 96.6 cm³/mol. The van der Waals surface area contributed by atoms with Gasteiger partial charge in [0.1, 0.15) is 11.6 Å². The SMILES string of the molecule is CN(C(=O)Nc1nc(OCC(F)(F)F)cc(OCC(F)(F)F)n1)c1cc(F)c(Br)cc1F. The van der Waals surface area contributed by atoms with E-state index in [2.05, 4.69) is 35.4 Å². The summed E-state index contributed by atoms with van der Waals surface area (Å²) in [6.07, 6.45) is -9.60. The minimum absolute atomic E-state index is 0.225. The number of rotatable bonds is 6. The topological polar surface area (TPSA) is 76.6 Å². The number of carbonyl (C=O) groups excluding carboxylic acids is 1. The summed E-state index contributed by atoms with van der Waals surface area (Å²) in [6.45, 7) is -3.70. The predicted octanol–water partition coefficient (Wildman–Crippen LogP) is 5.07. The van der Waals surface area contributed by atoms with Gasteiger partial charge in [-0.3, -0.25) is 10.2 Å². The van der Waals surface area contributed by atoms with Gasteiger partial charge in [-0.2, -0.15) is 36.3 Å². The van der Waals surface area contributed by atoms with Crippen LogP contribution in [0.5, 0.6) is 11.8 Å². The van der Waals surface area contributed by atoms with Crippen LogP contribution in [-0.4, -0.2) is 48.6 Å². The van der Waals surface area contributed by atoms with Gasteiger partial charge >= 0.3 is 18.4 Å². The summed E-state index contributed by atoms with van der Waals surface area (Å²) >= 11 is 2.75. The van der Waals surface area contributed by atoms with Gasteiger partial charge in [-0.05, 0) is 22.0 Å². The lowest BCUT2D eigenvalue weighted by Crippen LogP contribution is -2.32. The van der Waals surface area contributed by atoms with Crippen molar-refractivity contribution in [1.82, 2.24) is 9.97 Å². The number of hydrogen-bond donors (Lipinski definition) is 1. The molecular formula is C16H11BrF8N4O3. The van der Waals surface area contributed by atoms with Gasteiger partial charge in [-0.15, -0.1) is 0 Å². The molecule has 1 aromatic carbocycles. The molecule has 1 aromatic heterocycles. The number of carbonyl (C=O) groups is 1. The molecule has 0 atom stereocenters. The molecule has 0 unspecified atom stereocenters. The Labute approximate surface area is 182 Å². The summed E-state index contributed by atoms with van der Waals surface area (Å²) < 4.78 is 110. The molecule has 32 heavy (non-hydrogen) atoms. The van der Waals surface area contributed by atoms with Gasteiger partial charge in [-0.25, -0.2) is 13.6 Å². The summed E-state index contributed by atoms with van der Waals surface area (Å²) in [4.78, 5) is 19.7. The smallest absolute Gasteiger partial charge is 0.422 e. The van der Waals surface area contributed by atoms with E-state index in [1.807, 2.05) is 5.32 Å². The highest BCUT2D eigenvalue weighted by atomic mass is 79.9. The van der Waals surface area contributed by atoms with Crippen molar-refractivity contribution in [2.45, 2.75) is 12.4 Å². The number of nitrogens with zero attached hydrogens (tertiary/aromatic N) is 3. The zero-order valence-electron chi connectivity index (χ0n) is 15.6. The van der Waals surface area contributed by atoms with Gasteiger partial charge in [0.2, 0.25) is 17.7 Å². The molecule has 1 N–H and O–H groups in total. The maximum atomic E-state index is 14.0. The first-order valence-corrected chi connectivity index (χ1v) is 8.91. The third-order valence-corrected chi connectivity index (χ3v) is 3.93. The molecule has 2 amide bonds. The lowest BCUT2D eigenvalue weighted by molar-refractivity contribution is -0.154. The van der Waals surface area contributed by atoms with E-state index >= 15 is 0 Å². The van der Waals surface area contributed by atoms with Crippen LogP contribution in [0.1, 0.15) is 0 Å². The average molecular weight is 539 g/mol. The number of amides is 2. The number of hydrogen-bond acceptors (Lipinski definition) is 5. The third kappa shape index (κ3) is 7.65. The van der Waals surface area contributed by atoms with Crippen LogP contribution < -0.4 is 19.7 Å². The van der Waals surface area contributed by atoms with Crippen LogP contribution in [0.2, 0.25) is 0 Å². The summed E-state index contributed by atoms with van der Waals surface area (Å²) in [5, 5.41) is 1.92. The van der Waals surface area contributed by atoms with E-state index < -0.39 is 66.6 Å². The second-order valence-electron chi connectivity index (χ2n) is 5.88. The molecule has 0 aliphatic carbocycles. The maximum Gasteiger partial charge on any atom is 0.422 e. The first-order chi connectivity index (χ1) is 14.6. The van der Waals surface area contributed by atoms with E-state index in [9.17, 15) is 39.9 Å². The number of halogens is 9. The zero-order chi connectivity index (χ0) is 24.3. The van der Waals surface area contributed by atoms with Crippen molar-refractivity contribution in [1.29, 1.82) is 0 Å². The Bertz CT molecular complexity index is 951. The molecule has 0 saturated carbocycles. The normalized spacial score (nSPS) is 11.8. The fourth-order valence-electron chi connectivity index (χ4n) is 1.98. The standard InChI is InChI=1S/C16H11BrF8N4O3/c1-29(10-3-8(18)7(17)2-9(10)19)14(30)28-13-26-11(31-5-15(20,21)22)4-12(27-13)32-6-16(23,24)25/h2-4H,5-6H2,1H3,(H,26,27,28,30). The molecule has 2 rings (SSSR count). The van der Waals surface area contributed by atoms with Crippen LogP contribution in [0.4, 0.5) is 51.6 Å². The van der Waals surface area contributed by atoms with Crippen LogP contribution >= 0.6 is 15.9 Å². The second-order valence-corrected chi connectivity index (χ2v) is 6.74. The number of ether oxygens (including phenoxy) is 2. The molecule has 176 valence electrons. The molecule has 2 aromatic rings.